The number of benzene rings is 6. The topological polar surface area (TPSA) is 30.1 Å². The molecule has 2 aromatic heterocycles. The zero-order valence-corrected chi connectivity index (χ0v) is 31.7. The summed E-state index contributed by atoms with van der Waals surface area (Å²) in [7, 11) is 0. The molecule has 0 saturated carbocycles. The number of hydrogen-bond acceptors (Lipinski definition) is 2. The van der Waals surface area contributed by atoms with Crippen LogP contribution in [0.5, 0.6) is 11.5 Å². The van der Waals surface area contributed by atoms with Crippen LogP contribution in [0.2, 0.25) is 0 Å². The van der Waals surface area contributed by atoms with Crippen molar-refractivity contribution in [2.24, 2.45) is 0 Å². The second kappa shape index (κ2) is 14.6. The van der Waals surface area contributed by atoms with Crippen molar-refractivity contribution in [1.82, 2.24) is 9.55 Å². The average Bonchev–Trinajstić information content (AvgIpc) is 3.90. The number of rotatable bonds is 7. The summed E-state index contributed by atoms with van der Waals surface area (Å²) in [5.41, 5.74) is 3.98. The summed E-state index contributed by atoms with van der Waals surface area (Å²) in [6, 6.07) is 28.1. The number of fused-ring (bicyclic) bond motifs is 3. The number of pyridine rings is 1. The van der Waals surface area contributed by atoms with Gasteiger partial charge in [0.25, 0.3) is 0 Å². The van der Waals surface area contributed by atoms with Crippen molar-refractivity contribution in [3.05, 3.63) is 181 Å². The standard InChI is InChI=1S/C48H36BN3O.Pt/c1-48(2,3)36-26-28-50-46(30-36)52-44-23-11-10-20-42(44)43-25-24-39(32-45(43)52)53-38-19-12-18-37(31-38)51-29-27-49(33-51)47-40(34-14-6-4-7-15-34)21-13-22-41(47)35-16-8-5-9-17-35;/h4-30H,1-3H3;/q-2;/i4D,5D,6D,7D,8D,9D,14D,15D,16D,17D;. The Bertz CT molecular complexity index is 3140. The Morgan fingerprint density at radius 1 is 0.741 bits per heavy atom. The van der Waals surface area contributed by atoms with E-state index in [1.165, 1.54) is 0 Å². The minimum Gasteiger partial charge on any atom is -0.510 e. The van der Waals surface area contributed by atoms with Crippen molar-refractivity contribution in [1.29, 1.82) is 0 Å². The van der Waals surface area contributed by atoms with Gasteiger partial charge in [0.1, 0.15) is 5.82 Å². The fourth-order valence-electron chi connectivity index (χ4n) is 6.76. The predicted octanol–water partition coefficient (Wildman–Crippen LogP) is 10.8. The molecule has 0 aliphatic carbocycles. The van der Waals surface area contributed by atoms with Gasteiger partial charge in [-0.15, -0.1) is 35.6 Å². The van der Waals surface area contributed by atoms with Crippen LogP contribution >= 0.6 is 0 Å². The molecule has 8 aromatic rings. The number of ether oxygens (including phenoxy) is 1. The first-order valence-corrected chi connectivity index (χ1v) is 17.2. The van der Waals surface area contributed by atoms with E-state index in [0.29, 0.717) is 22.6 Å². The Labute approximate surface area is 345 Å². The van der Waals surface area contributed by atoms with E-state index in [1.807, 2.05) is 42.6 Å². The molecule has 0 bridgehead atoms. The number of hydrogen-bond donors (Lipinski definition) is 0. The molecule has 0 fully saturated rings. The van der Waals surface area contributed by atoms with Crippen LogP contribution in [0.1, 0.15) is 40.0 Å². The van der Waals surface area contributed by atoms with Crippen LogP contribution in [-0.4, -0.2) is 27.0 Å². The third-order valence-corrected chi connectivity index (χ3v) is 9.29. The van der Waals surface area contributed by atoms with Crippen molar-refractivity contribution >= 4 is 45.8 Å². The molecule has 0 saturated heterocycles. The molecule has 0 radical (unpaired) electrons. The van der Waals surface area contributed by atoms with Crippen LogP contribution in [0.3, 0.4) is 0 Å². The number of nitrogens with zero attached hydrogens (tertiary/aromatic N) is 3. The molecule has 4 nitrogen and oxygen atoms in total. The first-order chi connectivity index (χ1) is 30.0. The Kier molecular flexibility index (Phi) is 6.82. The van der Waals surface area contributed by atoms with E-state index in [2.05, 4.69) is 61.8 Å². The zero-order chi connectivity index (χ0) is 44.6. The Morgan fingerprint density at radius 2 is 1.43 bits per heavy atom. The molecule has 0 spiro atoms. The van der Waals surface area contributed by atoms with Gasteiger partial charge in [-0.1, -0.05) is 129 Å². The second-order valence-corrected chi connectivity index (χ2v) is 13.7. The number of para-hydroxylation sites is 1. The molecule has 6 heteroatoms. The minimum absolute atomic E-state index is 0. The van der Waals surface area contributed by atoms with Gasteiger partial charge in [-0.2, -0.15) is 18.2 Å². The maximum atomic E-state index is 8.84. The third-order valence-electron chi connectivity index (χ3n) is 9.29. The molecule has 0 unspecified atom stereocenters. The van der Waals surface area contributed by atoms with Crippen molar-refractivity contribution in [2.75, 3.05) is 0 Å². The molecular formula is C48H36BN3OPt-2. The van der Waals surface area contributed by atoms with Crippen molar-refractivity contribution in [3.8, 4) is 39.6 Å². The Balaban J connectivity index is 0.00000560. The fourth-order valence-corrected chi connectivity index (χ4v) is 6.76. The molecule has 264 valence electrons. The molecule has 1 aliphatic heterocycles. The van der Waals surface area contributed by atoms with Gasteiger partial charge >= 0.3 is 0 Å². The van der Waals surface area contributed by atoms with Crippen LogP contribution in [0.15, 0.2) is 164 Å². The quantitative estimate of drug-likeness (QED) is 0.0907. The zero-order valence-electron chi connectivity index (χ0n) is 39.5. The van der Waals surface area contributed by atoms with E-state index < -0.39 is 67.1 Å². The first-order valence-electron chi connectivity index (χ1n) is 22.2. The predicted molar refractivity (Wildman–Crippen MR) is 218 cm³/mol. The van der Waals surface area contributed by atoms with Crippen LogP contribution in [0, 0.1) is 12.1 Å². The summed E-state index contributed by atoms with van der Waals surface area (Å²) in [5, 5.41) is 2.04. The molecule has 0 amide bonds. The molecule has 3 heterocycles. The summed E-state index contributed by atoms with van der Waals surface area (Å²) < 4.78 is 95.6. The van der Waals surface area contributed by atoms with Gasteiger partial charge < -0.3 is 13.9 Å². The minimum atomic E-state index is -0.784. The van der Waals surface area contributed by atoms with E-state index >= 15 is 0 Å². The maximum Gasteiger partial charge on any atom is 0.231 e. The number of aromatic nitrogens is 2. The second-order valence-electron chi connectivity index (χ2n) is 13.7. The molecular weight excluding hydrogens is 840 g/mol. The van der Waals surface area contributed by atoms with Gasteiger partial charge in [-0.3, -0.25) is 0 Å². The fraction of sp³-hybridized carbons (Fsp3) is 0.0833. The van der Waals surface area contributed by atoms with E-state index in [1.54, 1.807) is 47.1 Å². The summed E-state index contributed by atoms with van der Waals surface area (Å²) in [5.74, 6) is 3.37. The maximum absolute atomic E-state index is 8.84. The summed E-state index contributed by atoms with van der Waals surface area (Å²) >= 11 is 0. The van der Waals surface area contributed by atoms with E-state index in [9.17, 15) is 0 Å². The average molecular weight is 887 g/mol. The molecule has 9 rings (SSSR count). The van der Waals surface area contributed by atoms with Gasteiger partial charge in [-0.25, -0.2) is 4.98 Å². The van der Waals surface area contributed by atoms with E-state index in [0.717, 1.165) is 33.2 Å². The summed E-state index contributed by atoms with van der Waals surface area (Å²) in [6.07, 6.45) is 6.95. The van der Waals surface area contributed by atoms with Gasteiger partial charge in [0.15, 0.2) is 0 Å². The molecule has 0 atom stereocenters. The van der Waals surface area contributed by atoms with Gasteiger partial charge in [0.2, 0.25) is 6.71 Å². The first kappa shape index (κ1) is 25.3. The van der Waals surface area contributed by atoms with Crippen LogP contribution in [0.4, 0.5) is 5.69 Å². The van der Waals surface area contributed by atoms with Crippen LogP contribution in [0.25, 0.3) is 49.9 Å². The van der Waals surface area contributed by atoms with Crippen molar-refractivity contribution < 1.29 is 44.1 Å². The van der Waals surface area contributed by atoms with Crippen molar-refractivity contribution in [3.63, 3.8) is 0 Å². The summed E-state index contributed by atoms with van der Waals surface area (Å²) in [4.78, 5) is 4.77. The van der Waals surface area contributed by atoms with Crippen LogP contribution < -0.4 is 10.2 Å². The monoisotopic (exact) mass is 886 g/mol. The molecule has 6 aromatic carbocycles. The SMILES string of the molecule is [2H]c1c([2H])c([2H])c(-c2cccc(-c3c([2H])c([2H])c([2H])c([2H])c3[2H])c2B2[C-]=[N+](c3[c-]c(Oc4[c-]c5c(cc4)c4ccccc4n5-c4cc(C(C)(C)C)ccn4)ccc3)C=C2)c([2H])c1[2H].[Pt]. The van der Waals surface area contributed by atoms with Gasteiger partial charge in [0.05, 0.1) is 26.0 Å². The third kappa shape index (κ3) is 6.65. The van der Waals surface area contributed by atoms with Crippen LogP contribution in [-0.2, 0) is 26.5 Å². The van der Waals surface area contributed by atoms with Crippen molar-refractivity contribution in [2.45, 2.75) is 26.2 Å². The normalized spacial score (nSPS) is 15.2. The van der Waals surface area contributed by atoms with E-state index in [4.69, 9.17) is 23.4 Å². The molecule has 54 heavy (non-hydrogen) atoms. The largest absolute Gasteiger partial charge is 0.510 e. The Hall–Kier alpha value is -5.77. The smallest absolute Gasteiger partial charge is 0.231 e. The molecule has 0 N–H and O–H groups in total. The summed E-state index contributed by atoms with van der Waals surface area (Å²) in [6.45, 7) is 5.72. The molecule has 1 aliphatic rings. The van der Waals surface area contributed by atoms with E-state index in [-0.39, 0.29) is 48.7 Å². The van der Waals surface area contributed by atoms with Gasteiger partial charge in [-0.05, 0) is 62.5 Å². The van der Waals surface area contributed by atoms with Gasteiger partial charge in [0, 0.05) is 44.3 Å². The Morgan fingerprint density at radius 3 is 2.15 bits per heavy atom.